The van der Waals surface area contributed by atoms with E-state index < -0.39 is 10.0 Å². The number of rotatable bonds is 10. The van der Waals surface area contributed by atoms with Crippen LogP contribution in [0.4, 0.5) is 17.3 Å². The maximum Gasteiger partial charge on any atom is 0.227 e. The van der Waals surface area contributed by atoms with Crippen molar-refractivity contribution >= 4 is 33.3 Å². The minimum atomic E-state index is -3.57. The van der Waals surface area contributed by atoms with Gasteiger partial charge in [-0.25, -0.2) is 23.1 Å². The average molecular weight is 493 g/mol. The first-order valence-electron chi connectivity index (χ1n) is 11.0. The Morgan fingerprint density at radius 2 is 2.00 bits per heavy atom. The van der Waals surface area contributed by atoms with Crippen LogP contribution in [0.15, 0.2) is 54.7 Å². The maximum absolute atomic E-state index is 12.1. The van der Waals surface area contributed by atoms with Crippen LogP contribution < -0.4 is 15.4 Å². The summed E-state index contributed by atoms with van der Waals surface area (Å²) >= 11 is 0. The number of aliphatic hydroxyl groups excluding tert-OH is 1. The second-order valence-corrected chi connectivity index (χ2v) is 9.91. The summed E-state index contributed by atoms with van der Waals surface area (Å²) in [7, 11) is -3.57. The molecule has 1 saturated carbocycles. The van der Waals surface area contributed by atoms with E-state index in [1.54, 1.807) is 54.7 Å². The number of hydrogen-bond donors (Lipinski definition) is 4. The van der Waals surface area contributed by atoms with Gasteiger partial charge >= 0.3 is 0 Å². The van der Waals surface area contributed by atoms with Crippen molar-refractivity contribution in [2.45, 2.75) is 18.6 Å². The minimum absolute atomic E-state index is 0.0344. The smallest absolute Gasteiger partial charge is 0.227 e. The highest BCUT2D eigenvalue weighted by molar-refractivity contribution is 7.88. The molecule has 0 bridgehead atoms. The van der Waals surface area contributed by atoms with Crippen molar-refractivity contribution in [3.8, 4) is 17.3 Å². The van der Waals surface area contributed by atoms with E-state index >= 15 is 0 Å². The highest BCUT2D eigenvalue weighted by Gasteiger charge is 2.30. The van der Waals surface area contributed by atoms with E-state index in [1.807, 2.05) is 0 Å². The van der Waals surface area contributed by atoms with Crippen molar-refractivity contribution in [3.05, 3.63) is 65.9 Å². The van der Waals surface area contributed by atoms with Crippen LogP contribution in [-0.2, 0) is 20.6 Å². The maximum atomic E-state index is 12.1. The Kier molecular flexibility index (Phi) is 7.36. The molecule has 35 heavy (non-hydrogen) atoms. The summed E-state index contributed by atoms with van der Waals surface area (Å²) in [6.07, 6.45) is 3.33. The van der Waals surface area contributed by atoms with Crippen molar-refractivity contribution in [2.24, 2.45) is 5.92 Å². The van der Waals surface area contributed by atoms with Gasteiger partial charge < -0.3 is 15.7 Å². The zero-order valence-electron chi connectivity index (χ0n) is 18.7. The number of nitriles is 1. The molecule has 1 aromatic heterocycles. The molecule has 180 valence electrons. The molecular weight excluding hydrogens is 468 g/mol. The molecule has 0 spiro atoms. The lowest BCUT2D eigenvalue weighted by Crippen LogP contribution is -2.27. The van der Waals surface area contributed by atoms with E-state index in [0.717, 1.165) is 12.8 Å². The molecule has 0 radical (unpaired) electrons. The zero-order valence-corrected chi connectivity index (χ0v) is 19.5. The van der Waals surface area contributed by atoms with Gasteiger partial charge in [-0.1, -0.05) is 18.2 Å². The Labute approximate surface area is 203 Å². The van der Waals surface area contributed by atoms with Crippen molar-refractivity contribution < 1.29 is 18.3 Å². The van der Waals surface area contributed by atoms with Crippen LogP contribution in [0.25, 0.3) is 11.3 Å². The number of aromatic nitrogens is 2. The number of nitrogens with zero attached hydrogens (tertiary/aromatic N) is 3. The van der Waals surface area contributed by atoms with Gasteiger partial charge in [0.05, 0.1) is 29.3 Å². The first-order valence-corrected chi connectivity index (χ1v) is 12.6. The van der Waals surface area contributed by atoms with Gasteiger partial charge in [-0.2, -0.15) is 5.26 Å². The normalized spacial score (nSPS) is 13.1. The van der Waals surface area contributed by atoms with Crippen LogP contribution in [0.3, 0.4) is 0 Å². The van der Waals surface area contributed by atoms with E-state index in [2.05, 4.69) is 31.4 Å². The van der Waals surface area contributed by atoms with Crippen LogP contribution in [0.5, 0.6) is 0 Å². The highest BCUT2D eigenvalue weighted by atomic mass is 32.2. The molecule has 1 fully saturated rings. The van der Waals surface area contributed by atoms with Crippen molar-refractivity contribution in [3.63, 3.8) is 0 Å². The largest absolute Gasteiger partial charge is 0.395 e. The number of sulfonamides is 1. The summed E-state index contributed by atoms with van der Waals surface area (Å²) in [6, 6.07) is 15.8. The molecule has 3 aromatic rings. The zero-order chi connectivity index (χ0) is 24.8. The minimum Gasteiger partial charge on any atom is -0.395 e. The van der Waals surface area contributed by atoms with Gasteiger partial charge in [0.25, 0.3) is 0 Å². The summed E-state index contributed by atoms with van der Waals surface area (Å²) in [4.78, 5) is 20.8. The Balaban J connectivity index is 1.50. The molecule has 4 rings (SSSR count). The molecule has 0 atom stereocenters. The van der Waals surface area contributed by atoms with Gasteiger partial charge in [-0.05, 0) is 48.7 Å². The Morgan fingerprint density at radius 3 is 2.74 bits per heavy atom. The molecule has 11 heteroatoms. The lowest BCUT2D eigenvalue weighted by atomic mass is 10.1. The predicted octanol–water partition coefficient (Wildman–Crippen LogP) is 2.52. The molecule has 1 heterocycles. The number of carbonyl (C=O) groups excluding carboxylic acids is 1. The van der Waals surface area contributed by atoms with E-state index in [9.17, 15) is 18.5 Å². The van der Waals surface area contributed by atoms with Crippen LogP contribution in [0.2, 0.25) is 0 Å². The third-order valence-corrected chi connectivity index (χ3v) is 6.63. The SMILES string of the molecule is N#Cc1cc(-c2ccnc(Nc3cccc(CS(=O)(=O)NCCO)c3)n2)ccc1NC(=O)C1CC1. The Bertz CT molecular complexity index is 1380. The van der Waals surface area contributed by atoms with E-state index in [1.165, 1.54) is 0 Å². The second kappa shape index (κ2) is 10.6. The van der Waals surface area contributed by atoms with Crippen molar-refractivity contribution in [1.82, 2.24) is 14.7 Å². The number of hydrogen-bond acceptors (Lipinski definition) is 8. The highest BCUT2D eigenvalue weighted by Crippen LogP contribution is 2.31. The number of aliphatic hydroxyl groups is 1. The summed E-state index contributed by atoms with van der Waals surface area (Å²) in [5, 5.41) is 24.3. The van der Waals surface area contributed by atoms with E-state index in [-0.39, 0.29) is 30.7 Å². The quantitative estimate of drug-likeness (QED) is 0.336. The van der Waals surface area contributed by atoms with Gasteiger partial charge in [0.1, 0.15) is 6.07 Å². The van der Waals surface area contributed by atoms with Crippen LogP contribution in [0.1, 0.15) is 24.0 Å². The van der Waals surface area contributed by atoms with Gasteiger partial charge in [0.15, 0.2) is 0 Å². The number of carbonyl (C=O) groups is 1. The van der Waals surface area contributed by atoms with Gasteiger partial charge in [0.2, 0.25) is 21.9 Å². The fourth-order valence-electron chi connectivity index (χ4n) is 3.40. The van der Waals surface area contributed by atoms with E-state index in [0.29, 0.717) is 39.7 Å². The molecule has 4 N–H and O–H groups in total. The Morgan fingerprint density at radius 1 is 1.17 bits per heavy atom. The van der Waals surface area contributed by atoms with E-state index in [4.69, 9.17) is 5.11 Å². The van der Waals surface area contributed by atoms with Crippen molar-refractivity contribution in [2.75, 3.05) is 23.8 Å². The van der Waals surface area contributed by atoms with Gasteiger partial charge in [0, 0.05) is 29.9 Å². The van der Waals surface area contributed by atoms with Crippen molar-refractivity contribution in [1.29, 1.82) is 5.26 Å². The molecule has 0 saturated heterocycles. The number of anilines is 3. The molecule has 1 aliphatic carbocycles. The lowest BCUT2D eigenvalue weighted by molar-refractivity contribution is -0.117. The molecule has 0 aliphatic heterocycles. The number of benzene rings is 2. The monoisotopic (exact) mass is 492 g/mol. The molecular formula is C24H24N6O4S. The second-order valence-electron chi connectivity index (χ2n) is 8.10. The third-order valence-electron chi connectivity index (χ3n) is 5.27. The van der Waals surface area contributed by atoms with Crippen LogP contribution in [-0.4, -0.2) is 42.6 Å². The summed E-state index contributed by atoms with van der Waals surface area (Å²) in [5.74, 6) is 0.0314. The third kappa shape index (κ3) is 6.60. The average Bonchev–Trinajstić information content (AvgIpc) is 3.69. The Hall–Kier alpha value is -3.85. The standard InChI is InChI=1S/C24H24N6O4S/c25-14-19-13-18(6-7-21(19)29-23(32)17-4-5-17)22-8-9-26-24(30-22)28-20-3-1-2-16(12-20)15-35(33,34)27-10-11-31/h1-3,6-9,12-13,17,27,31H,4-5,10-11,15H2,(H,29,32)(H,26,28,30). The fraction of sp³-hybridized carbons (Fsp3) is 0.250. The first kappa shape index (κ1) is 24.3. The lowest BCUT2D eigenvalue weighted by Gasteiger charge is -2.11. The van der Waals surface area contributed by atoms with Crippen LogP contribution in [0, 0.1) is 17.2 Å². The number of nitrogens with one attached hydrogen (secondary N) is 3. The molecule has 1 aliphatic rings. The molecule has 1 amide bonds. The van der Waals surface area contributed by atoms with Crippen LogP contribution >= 0.6 is 0 Å². The molecule has 2 aromatic carbocycles. The summed E-state index contributed by atoms with van der Waals surface area (Å²) in [5.41, 5.74) is 3.23. The fourth-order valence-corrected chi connectivity index (χ4v) is 4.53. The van der Waals surface area contributed by atoms with Gasteiger partial charge in [-0.3, -0.25) is 4.79 Å². The summed E-state index contributed by atoms with van der Waals surface area (Å²) in [6.45, 7) is -0.315. The number of amides is 1. The van der Waals surface area contributed by atoms with Gasteiger partial charge in [-0.15, -0.1) is 0 Å². The first-order chi connectivity index (χ1) is 16.9. The molecule has 0 unspecified atom stereocenters. The summed E-state index contributed by atoms with van der Waals surface area (Å²) < 4.78 is 26.5. The predicted molar refractivity (Wildman–Crippen MR) is 131 cm³/mol. The molecule has 10 nitrogen and oxygen atoms in total. The topological polar surface area (TPSA) is 157 Å².